The van der Waals surface area contributed by atoms with Gasteiger partial charge in [-0.05, 0) is 36.2 Å². The summed E-state index contributed by atoms with van der Waals surface area (Å²) in [4.78, 5) is 0. The van der Waals surface area contributed by atoms with Gasteiger partial charge in [-0.3, -0.25) is 0 Å². The van der Waals surface area contributed by atoms with E-state index in [9.17, 15) is 13.2 Å². The van der Waals surface area contributed by atoms with Gasteiger partial charge in [-0.25, -0.2) is 8.78 Å². The van der Waals surface area contributed by atoms with Crippen LogP contribution in [0.5, 0.6) is 11.5 Å². The molecule has 1 N–H and O–H groups in total. The van der Waals surface area contributed by atoms with E-state index < -0.39 is 17.5 Å². The Morgan fingerprint density at radius 2 is 1.61 bits per heavy atom. The molecular formula is C22H19F3O3. The molecule has 0 radical (unpaired) electrons. The maximum absolute atomic E-state index is 14.3. The van der Waals surface area contributed by atoms with Crippen LogP contribution in [-0.2, 0) is 13.2 Å². The zero-order valence-corrected chi connectivity index (χ0v) is 15.2. The second kappa shape index (κ2) is 8.80. The highest BCUT2D eigenvalue weighted by Crippen LogP contribution is 2.30. The van der Waals surface area contributed by atoms with E-state index in [1.807, 2.05) is 0 Å². The lowest BCUT2D eigenvalue weighted by Gasteiger charge is -2.11. The Hall–Kier alpha value is -2.99. The van der Waals surface area contributed by atoms with Gasteiger partial charge in [-0.2, -0.15) is 4.39 Å². The first-order valence-electron chi connectivity index (χ1n) is 8.75. The van der Waals surface area contributed by atoms with E-state index in [0.717, 1.165) is 5.56 Å². The van der Waals surface area contributed by atoms with E-state index in [1.54, 1.807) is 37.3 Å². The average Bonchev–Trinajstić information content (AvgIpc) is 2.71. The highest BCUT2D eigenvalue weighted by Gasteiger charge is 2.15. The van der Waals surface area contributed by atoms with Gasteiger partial charge in [0.15, 0.2) is 11.6 Å². The minimum Gasteiger partial charge on any atom is -0.491 e. The van der Waals surface area contributed by atoms with Gasteiger partial charge in [0.05, 0.1) is 13.2 Å². The largest absolute Gasteiger partial charge is 0.491 e. The Bertz CT molecular complexity index is 956. The third kappa shape index (κ3) is 4.28. The molecule has 3 nitrogen and oxygen atoms in total. The Morgan fingerprint density at radius 3 is 2.25 bits per heavy atom. The average molecular weight is 388 g/mol. The maximum atomic E-state index is 14.3. The lowest BCUT2D eigenvalue weighted by atomic mass is 10.0. The normalized spacial score (nSPS) is 10.8. The predicted octanol–water partition coefficient (Wildman–Crippen LogP) is 5.24. The van der Waals surface area contributed by atoms with Crippen LogP contribution in [0.2, 0.25) is 0 Å². The van der Waals surface area contributed by atoms with E-state index in [2.05, 4.69) is 0 Å². The minimum atomic E-state index is -1.01. The lowest BCUT2D eigenvalue weighted by molar-refractivity contribution is 0.273. The van der Waals surface area contributed by atoms with E-state index >= 15 is 0 Å². The Balaban J connectivity index is 1.72. The van der Waals surface area contributed by atoms with Crippen LogP contribution in [0.15, 0.2) is 54.6 Å². The number of halogens is 3. The molecule has 0 heterocycles. The monoisotopic (exact) mass is 388 g/mol. The van der Waals surface area contributed by atoms with Crippen LogP contribution in [0.25, 0.3) is 11.1 Å². The van der Waals surface area contributed by atoms with Gasteiger partial charge in [0, 0.05) is 17.2 Å². The predicted molar refractivity (Wildman–Crippen MR) is 99.6 cm³/mol. The SMILES string of the molecule is CCOc1ccc(-c2ccc(COc3ccc(CO)c(F)c3)cc2)c(F)c1F. The van der Waals surface area contributed by atoms with E-state index in [1.165, 1.54) is 24.3 Å². The fourth-order valence-electron chi connectivity index (χ4n) is 2.71. The van der Waals surface area contributed by atoms with Crippen molar-refractivity contribution in [2.75, 3.05) is 6.61 Å². The van der Waals surface area contributed by atoms with Crippen molar-refractivity contribution in [1.29, 1.82) is 0 Å². The maximum Gasteiger partial charge on any atom is 0.201 e. The minimum absolute atomic E-state index is 0.117. The molecule has 0 atom stereocenters. The van der Waals surface area contributed by atoms with Crippen molar-refractivity contribution in [2.45, 2.75) is 20.1 Å². The summed E-state index contributed by atoms with van der Waals surface area (Å²) in [6.45, 7) is 1.74. The molecule has 3 rings (SSSR count). The van der Waals surface area contributed by atoms with Gasteiger partial charge in [0.25, 0.3) is 0 Å². The first-order valence-corrected chi connectivity index (χ1v) is 8.75. The van der Waals surface area contributed by atoms with Crippen molar-refractivity contribution in [3.63, 3.8) is 0 Å². The molecule has 0 saturated heterocycles. The van der Waals surface area contributed by atoms with Gasteiger partial charge in [-0.1, -0.05) is 30.3 Å². The molecule has 0 saturated carbocycles. The van der Waals surface area contributed by atoms with Crippen LogP contribution in [-0.4, -0.2) is 11.7 Å². The number of rotatable bonds is 7. The summed E-state index contributed by atoms with van der Waals surface area (Å²) in [7, 11) is 0. The van der Waals surface area contributed by atoms with E-state index in [-0.39, 0.29) is 36.7 Å². The molecule has 0 aromatic heterocycles. The van der Waals surface area contributed by atoms with Crippen LogP contribution in [0.1, 0.15) is 18.1 Å². The Labute approximate surface area is 161 Å². The molecule has 3 aromatic carbocycles. The summed E-state index contributed by atoms with van der Waals surface area (Å²) >= 11 is 0. The summed E-state index contributed by atoms with van der Waals surface area (Å²) in [6.07, 6.45) is 0. The molecule has 0 aliphatic heterocycles. The molecule has 0 unspecified atom stereocenters. The zero-order chi connectivity index (χ0) is 20.1. The third-order valence-corrected chi connectivity index (χ3v) is 4.21. The first-order chi connectivity index (χ1) is 13.5. The lowest BCUT2D eigenvalue weighted by Crippen LogP contribution is -1.99. The number of aliphatic hydroxyl groups excluding tert-OH is 1. The molecular weight excluding hydrogens is 369 g/mol. The van der Waals surface area contributed by atoms with Gasteiger partial charge in [-0.15, -0.1) is 0 Å². The number of benzene rings is 3. The summed E-state index contributed by atoms with van der Waals surface area (Å²) in [6, 6.07) is 13.9. The highest BCUT2D eigenvalue weighted by molar-refractivity contribution is 5.65. The second-order valence-electron chi connectivity index (χ2n) is 6.07. The zero-order valence-electron chi connectivity index (χ0n) is 15.2. The van der Waals surface area contributed by atoms with Crippen molar-refractivity contribution in [3.8, 4) is 22.6 Å². The molecule has 28 heavy (non-hydrogen) atoms. The summed E-state index contributed by atoms with van der Waals surface area (Å²) < 4.78 is 52.6. The fourth-order valence-corrected chi connectivity index (χ4v) is 2.71. The van der Waals surface area contributed by atoms with Gasteiger partial charge < -0.3 is 14.6 Å². The summed E-state index contributed by atoms with van der Waals surface area (Å²) in [5.41, 5.74) is 1.63. The summed E-state index contributed by atoms with van der Waals surface area (Å²) in [5.74, 6) is -2.30. The fraction of sp³-hybridized carbons (Fsp3) is 0.182. The van der Waals surface area contributed by atoms with E-state index in [0.29, 0.717) is 11.3 Å². The standard InChI is InChI=1S/C22H19F3O3/c1-2-27-20-10-9-18(21(24)22(20)25)15-5-3-14(4-6-15)13-28-17-8-7-16(12-26)19(23)11-17/h3-11,26H,2,12-13H2,1H3. The highest BCUT2D eigenvalue weighted by atomic mass is 19.2. The van der Waals surface area contributed by atoms with Crippen LogP contribution >= 0.6 is 0 Å². The van der Waals surface area contributed by atoms with E-state index in [4.69, 9.17) is 14.6 Å². The molecule has 0 aliphatic rings. The van der Waals surface area contributed by atoms with Crippen LogP contribution in [0.4, 0.5) is 13.2 Å². The number of hydrogen-bond donors (Lipinski definition) is 1. The van der Waals surface area contributed by atoms with Crippen LogP contribution < -0.4 is 9.47 Å². The van der Waals surface area contributed by atoms with Crippen LogP contribution in [0, 0.1) is 17.5 Å². The van der Waals surface area contributed by atoms with Crippen molar-refractivity contribution in [2.24, 2.45) is 0 Å². The van der Waals surface area contributed by atoms with Crippen LogP contribution in [0.3, 0.4) is 0 Å². The second-order valence-corrected chi connectivity index (χ2v) is 6.07. The molecule has 146 valence electrons. The van der Waals surface area contributed by atoms with Gasteiger partial charge in [0.2, 0.25) is 5.82 Å². The van der Waals surface area contributed by atoms with Crippen molar-refractivity contribution in [3.05, 3.63) is 83.2 Å². The molecule has 0 bridgehead atoms. The van der Waals surface area contributed by atoms with Gasteiger partial charge >= 0.3 is 0 Å². The Kier molecular flexibility index (Phi) is 6.21. The topological polar surface area (TPSA) is 38.7 Å². The molecule has 0 fully saturated rings. The molecule has 0 spiro atoms. The van der Waals surface area contributed by atoms with Gasteiger partial charge in [0.1, 0.15) is 18.2 Å². The quantitative estimate of drug-likeness (QED) is 0.602. The molecule has 3 aromatic rings. The Morgan fingerprint density at radius 1 is 0.857 bits per heavy atom. The molecule has 0 amide bonds. The molecule has 0 aliphatic carbocycles. The van der Waals surface area contributed by atoms with Crippen molar-refractivity contribution >= 4 is 0 Å². The number of aliphatic hydroxyl groups is 1. The first kappa shape index (κ1) is 19.8. The van der Waals surface area contributed by atoms with Crippen molar-refractivity contribution < 1.29 is 27.8 Å². The number of ether oxygens (including phenoxy) is 2. The third-order valence-electron chi connectivity index (χ3n) is 4.21. The van der Waals surface area contributed by atoms with Crippen molar-refractivity contribution in [1.82, 2.24) is 0 Å². The smallest absolute Gasteiger partial charge is 0.201 e. The molecule has 6 heteroatoms. The number of hydrogen-bond acceptors (Lipinski definition) is 3. The summed E-state index contributed by atoms with van der Waals surface area (Å²) in [5, 5.41) is 8.98.